The molecule has 1 aromatic carbocycles. The number of benzene rings is 1. The van der Waals surface area contributed by atoms with Crippen LogP contribution in [0.1, 0.15) is 11.1 Å². The largest absolute Gasteiger partial charge is 0.493 e. The lowest BCUT2D eigenvalue weighted by molar-refractivity contribution is 0.319. The van der Waals surface area contributed by atoms with Crippen molar-refractivity contribution < 1.29 is 4.74 Å². The van der Waals surface area contributed by atoms with E-state index in [1.165, 1.54) is 5.56 Å². The normalized spacial score (nSPS) is 10.5. The Labute approximate surface area is 115 Å². The molecular weight excluding hydrogens is 275 g/mol. The molecule has 1 heterocycles. The maximum absolute atomic E-state index is 5.90. The summed E-state index contributed by atoms with van der Waals surface area (Å²) in [5.41, 5.74) is 2.24. The Balaban J connectivity index is 1.94. The number of hydrogen-bond donors (Lipinski definition) is 0. The molecule has 0 aliphatic carbocycles. The van der Waals surface area contributed by atoms with Crippen molar-refractivity contribution >= 4 is 34.5 Å². The Morgan fingerprint density at radius 3 is 2.82 bits per heavy atom. The van der Waals surface area contributed by atoms with Crippen molar-refractivity contribution in [1.82, 2.24) is 0 Å². The van der Waals surface area contributed by atoms with Crippen LogP contribution in [0.2, 0.25) is 5.02 Å². The molecule has 0 spiro atoms. The molecule has 90 valence electrons. The second kappa shape index (κ2) is 6.29. The maximum Gasteiger partial charge on any atom is 0.123 e. The second-order valence-electron chi connectivity index (χ2n) is 3.62. The third kappa shape index (κ3) is 3.63. The van der Waals surface area contributed by atoms with E-state index in [1.54, 1.807) is 11.3 Å². The van der Waals surface area contributed by atoms with E-state index in [0.717, 1.165) is 17.7 Å². The smallest absolute Gasteiger partial charge is 0.123 e. The molecule has 0 radical (unpaired) electrons. The molecular formula is C13H12Cl2OS. The van der Waals surface area contributed by atoms with E-state index in [0.29, 0.717) is 17.5 Å². The summed E-state index contributed by atoms with van der Waals surface area (Å²) in [6.07, 6.45) is 0.911. The average Bonchev–Trinajstić information content (AvgIpc) is 2.84. The molecule has 0 aliphatic heterocycles. The third-order valence-corrected chi connectivity index (χ3v) is 3.65. The van der Waals surface area contributed by atoms with Gasteiger partial charge in [-0.25, -0.2) is 0 Å². The van der Waals surface area contributed by atoms with Gasteiger partial charge in [-0.1, -0.05) is 11.6 Å². The van der Waals surface area contributed by atoms with E-state index >= 15 is 0 Å². The first-order valence-corrected chi connectivity index (χ1v) is 7.13. The standard InChI is InChI=1S/C13H12Cl2OS/c14-8-11-7-12(15)1-2-13(11)16-5-3-10-4-6-17-9-10/h1-2,4,6-7,9H,3,5,8H2. The van der Waals surface area contributed by atoms with Crippen LogP contribution in [0.25, 0.3) is 0 Å². The zero-order valence-electron chi connectivity index (χ0n) is 9.16. The Bertz CT molecular complexity index is 468. The summed E-state index contributed by atoms with van der Waals surface area (Å²) in [4.78, 5) is 0. The number of ether oxygens (including phenoxy) is 1. The van der Waals surface area contributed by atoms with Gasteiger partial charge in [0.05, 0.1) is 12.5 Å². The minimum absolute atomic E-state index is 0.411. The van der Waals surface area contributed by atoms with Crippen LogP contribution in [-0.2, 0) is 12.3 Å². The third-order valence-electron chi connectivity index (χ3n) is 2.39. The van der Waals surface area contributed by atoms with Gasteiger partial charge in [-0.15, -0.1) is 11.6 Å². The fraction of sp³-hybridized carbons (Fsp3) is 0.231. The second-order valence-corrected chi connectivity index (χ2v) is 5.10. The SMILES string of the molecule is ClCc1cc(Cl)ccc1OCCc1ccsc1. The molecule has 17 heavy (non-hydrogen) atoms. The van der Waals surface area contributed by atoms with Crippen LogP contribution in [-0.4, -0.2) is 6.61 Å². The number of rotatable bonds is 5. The van der Waals surface area contributed by atoms with Gasteiger partial charge in [0.1, 0.15) is 5.75 Å². The molecule has 1 nitrogen and oxygen atoms in total. The monoisotopic (exact) mass is 286 g/mol. The highest BCUT2D eigenvalue weighted by atomic mass is 35.5. The first-order chi connectivity index (χ1) is 8.29. The molecule has 1 aromatic heterocycles. The molecule has 2 rings (SSSR count). The minimum Gasteiger partial charge on any atom is -0.493 e. The Morgan fingerprint density at radius 1 is 1.24 bits per heavy atom. The lowest BCUT2D eigenvalue weighted by atomic mass is 10.2. The van der Waals surface area contributed by atoms with E-state index < -0.39 is 0 Å². The van der Waals surface area contributed by atoms with Crippen LogP contribution >= 0.6 is 34.5 Å². The van der Waals surface area contributed by atoms with Gasteiger partial charge in [-0.3, -0.25) is 0 Å². The highest BCUT2D eigenvalue weighted by Crippen LogP contribution is 2.24. The Kier molecular flexibility index (Phi) is 4.72. The van der Waals surface area contributed by atoms with Crippen molar-refractivity contribution in [2.75, 3.05) is 6.61 Å². The molecule has 0 atom stereocenters. The lowest BCUT2D eigenvalue weighted by Gasteiger charge is -2.09. The Morgan fingerprint density at radius 2 is 2.12 bits per heavy atom. The van der Waals surface area contributed by atoms with E-state index in [1.807, 2.05) is 18.2 Å². The van der Waals surface area contributed by atoms with Gasteiger partial charge in [0.15, 0.2) is 0 Å². The number of thiophene rings is 1. The van der Waals surface area contributed by atoms with E-state index in [9.17, 15) is 0 Å². The van der Waals surface area contributed by atoms with E-state index in [2.05, 4.69) is 16.8 Å². The summed E-state index contributed by atoms with van der Waals surface area (Å²) in [5, 5.41) is 4.89. The fourth-order valence-corrected chi connectivity index (χ4v) is 2.61. The van der Waals surface area contributed by atoms with Gasteiger partial charge < -0.3 is 4.74 Å². The van der Waals surface area contributed by atoms with Crippen molar-refractivity contribution in [3.8, 4) is 5.75 Å². The van der Waals surface area contributed by atoms with Gasteiger partial charge in [0, 0.05) is 17.0 Å². The van der Waals surface area contributed by atoms with Crippen LogP contribution in [0, 0.1) is 0 Å². The topological polar surface area (TPSA) is 9.23 Å². The van der Waals surface area contributed by atoms with Gasteiger partial charge in [0.2, 0.25) is 0 Å². The fourth-order valence-electron chi connectivity index (χ4n) is 1.51. The maximum atomic E-state index is 5.90. The van der Waals surface area contributed by atoms with Crippen LogP contribution in [0.5, 0.6) is 5.75 Å². The van der Waals surface area contributed by atoms with Gasteiger partial charge in [0.25, 0.3) is 0 Å². The van der Waals surface area contributed by atoms with Gasteiger partial charge >= 0.3 is 0 Å². The Hall–Kier alpha value is -0.700. The molecule has 0 fully saturated rings. The average molecular weight is 287 g/mol. The zero-order chi connectivity index (χ0) is 12.1. The lowest BCUT2D eigenvalue weighted by Crippen LogP contribution is -2.02. The summed E-state index contributed by atoms with van der Waals surface area (Å²) in [7, 11) is 0. The van der Waals surface area contributed by atoms with Crippen molar-refractivity contribution in [1.29, 1.82) is 0 Å². The summed E-state index contributed by atoms with van der Waals surface area (Å²) in [6.45, 7) is 0.655. The predicted molar refractivity (Wildman–Crippen MR) is 74.5 cm³/mol. The quantitative estimate of drug-likeness (QED) is 0.720. The van der Waals surface area contributed by atoms with E-state index in [4.69, 9.17) is 27.9 Å². The van der Waals surface area contributed by atoms with Gasteiger partial charge in [-0.05, 0) is 40.6 Å². The molecule has 0 aliphatic rings. The van der Waals surface area contributed by atoms with Crippen LogP contribution in [0.15, 0.2) is 35.0 Å². The first kappa shape index (κ1) is 12.7. The van der Waals surface area contributed by atoms with Crippen LogP contribution < -0.4 is 4.74 Å². The van der Waals surface area contributed by atoms with Crippen molar-refractivity contribution in [2.24, 2.45) is 0 Å². The zero-order valence-corrected chi connectivity index (χ0v) is 11.5. The predicted octanol–water partition coefficient (Wildman–Crippen LogP) is 4.76. The summed E-state index contributed by atoms with van der Waals surface area (Å²) >= 11 is 13.4. The van der Waals surface area contributed by atoms with E-state index in [-0.39, 0.29) is 0 Å². The molecule has 2 aromatic rings. The van der Waals surface area contributed by atoms with Crippen molar-refractivity contribution in [3.63, 3.8) is 0 Å². The van der Waals surface area contributed by atoms with Gasteiger partial charge in [-0.2, -0.15) is 11.3 Å². The minimum atomic E-state index is 0.411. The molecule has 0 saturated heterocycles. The highest BCUT2D eigenvalue weighted by Gasteiger charge is 2.04. The molecule has 4 heteroatoms. The molecule has 0 saturated carbocycles. The van der Waals surface area contributed by atoms with Crippen LogP contribution in [0.4, 0.5) is 0 Å². The van der Waals surface area contributed by atoms with Crippen molar-refractivity contribution in [2.45, 2.75) is 12.3 Å². The highest BCUT2D eigenvalue weighted by molar-refractivity contribution is 7.07. The number of halogens is 2. The number of hydrogen-bond acceptors (Lipinski definition) is 2. The molecule has 0 N–H and O–H groups in total. The van der Waals surface area contributed by atoms with Crippen LogP contribution in [0.3, 0.4) is 0 Å². The summed E-state index contributed by atoms with van der Waals surface area (Å²) in [5.74, 6) is 1.23. The summed E-state index contributed by atoms with van der Waals surface area (Å²) < 4.78 is 5.72. The molecule has 0 unspecified atom stereocenters. The molecule has 0 amide bonds. The van der Waals surface area contributed by atoms with Crippen molar-refractivity contribution in [3.05, 3.63) is 51.2 Å². The summed E-state index contributed by atoms with van der Waals surface area (Å²) in [6, 6.07) is 7.64. The molecule has 0 bridgehead atoms. The first-order valence-electron chi connectivity index (χ1n) is 5.28. The number of alkyl halides is 1.